The molecule has 0 radical (unpaired) electrons. The van der Waals surface area contributed by atoms with Crippen molar-refractivity contribution in [2.75, 3.05) is 11.9 Å². The van der Waals surface area contributed by atoms with Gasteiger partial charge in [0.2, 0.25) is 0 Å². The minimum atomic E-state index is -1.02. The summed E-state index contributed by atoms with van der Waals surface area (Å²) in [6.45, 7) is 8.96. The molecule has 0 aliphatic rings. The van der Waals surface area contributed by atoms with E-state index in [4.69, 9.17) is 5.11 Å². The lowest BCUT2D eigenvalue weighted by Crippen LogP contribution is -2.12. The zero-order valence-electron chi connectivity index (χ0n) is 11.4. The van der Waals surface area contributed by atoms with E-state index in [9.17, 15) is 4.79 Å². The molecule has 0 saturated heterocycles. The van der Waals surface area contributed by atoms with Gasteiger partial charge in [0.05, 0.1) is 0 Å². The minimum Gasteiger partial charge on any atom is -0.477 e. The van der Waals surface area contributed by atoms with Crippen molar-refractivity contribution >= 4 is 11.8 Å². The highest BCUT2D eigenvalue weighted by Gasteiger charge is 2.12. The number of aromatic carboxylic acids is 1. The lowest BCUT2D eigenvalue weighted by atomic mass is 10.1. The minimum absolute atomic E-state index is 0.0424. The van der Waals surface area contributed by atoms with Crippen LogP contribution in [-0.2, 0) is 0 Å². The third-order valence-electron chi connectivity index (χ3n) is 2.51. The van der Waals surface area contributed by atoms with Crippen LogP contribution in [0, 0.1) is 5.92 Å². The van der Waals surface area contributed by atoms with Gasteiger partial charge in [0.1, 0.15) is 11.6 Å². The molecule has 0 aromatic carbocycles. The highest BCUT2D eigenvalue weighted by molar-refractivity contribution is 5.86. The quantitative estimate of drug-likeness (QED) is 0.813. The van der Waals surface area contributed by atoms with Crippen molar-refractivity contribution in [1.82, 2.24) is 9.97 Å². The van der Waals surface area contributed by atoms with Gasteiger partial charge < -0.3 is 10.4 Å². The maximum atomic E-state index is 11.0. The number of nitrogens with one attached hydrogen (secondary N) is 1. The Morgan fingerprint density at radius 3 is 2.50 bits per heavy atom. The number of rotatable bonds is 6. The van der Waals surface area contributed by atoms with Gasteiger partial charge >= 0.3 is 5.97 Å². The summed E-state index contributed by atoms with van der Waals surface area (Å²) < 4.78 is 0. The average molecular weight is 251 g/mol. The van der Waals surface area contributed by atoms with E-state index in [2.05, 4.69) is 29.1 Å². The maximum absolute atomic E-state index is 11.0. The first-order valence-corrected chi connectivity index (χ1v) is 6.26. The molecule has 0 spiro atoms. The van der Waals surface area contributed by atoms with Gasteiger partial charge in [-0.2, -0.15) is 0 Å². The molecule has 1 aromatic rings. The van der Waals surface area contributed by atoms with Gasteiger partial charge in [0, 0.05) is 18.5 Å². The first kappa shape index (κ1) is 14.4. The van der Waals surface area contributed by atoms with Crippen LogP contribution < -0.4 is 5.32 Å². The van der Waals surface area contributed by atoms with Crippen molar-refractivity contribution < 1.29 is 9.90 Å². The standard InChI is InChI=1S/C13H21N3O2/c1-8(2)5-6-14-11-7-10(13(17)18)15-12(16-11)9(3)4/h7-9H,5-6H2,1-4H3,(H,17,18)(H,14,15,16). The Hall–Kier alpha value is -1.65. The fourth-order valence-electron chi connectivity index (χ4n) is 1.41. The summed E-state index contributed by atoms with van der Waals surface area (Å²) in [5, 5.41) is 12.2. The average Bonchev–Trinajstić information content (AvgIpc) is 2.28. The monoisotopic (exact) mass is 251 g/mol. The Kier molecular flexibility index (Phi) is 5.07. The van der Waals surface area contributed by atoms with E-state index in [1.807, 2.05) is 13.8 Å². The summed E-state index contributed by atoms with van der Waals surface area (Å²) in [5.41, 5.74) is 0.0424. The molecule has 5 nitrogen and oxygen atoms in total. The number of hydrogen-bond donors (Lipinski definition) is 2. The smallest absolute Gasteiger partial charge is 0.354 e. The summed E-state index contributed by atoms with van der Waals surface area (Å²) in [6, 6.07) is 1.48. The molecule has 0 fully saturated rings. The van der Waals surface area contributed by atoms with Crippen molar-refractivity contribution in [3.05, 3.63) is 17.6 Å². The Labute approximate surface area is 108 Å². The normalized spacial score (nSPS) is 11.0. The Bertz CT molecular complexity index is 417. The highest BCUT2D eigenvalue weighted by atomic mass is 16.4. The number of anilines is 1. The van der Waals surface area contributed by atoms with Crippen LogP contribution in [0.25, 0.3) is 0 Å². The lowest BCUT2D eigenvalue weighted by molar-refractivity contribution is 0.0690. The van der Waals surface area contributed by atoms with Gasteiger partial charge in [-0.3, -0.25) is 0 Å². The molecule has 0 amide bonds. The summed E-state index contributed by atoms with van der Waals surface area (Å²) in [5.74, 6) is 0.831. The van der Waals surface area contributed by atoms with Crippen LogP contribution in [-0.4, -0.2) is 27.6 Å². The maximum Gasteiger partial charge on any atom is 0.354 e. The molecule has 18 heavy (non-hydrogen) atoms. The third-order valence-corrected chi connectivity index (χ3v) is 2.51. The van der Waals surface area contributed by atoms with Gasteiger partial charge in [0.15, 0.2) is 5.69 Å². The molecular formula is C13H21N3O2. The zero-order chi connectivity index (χ0) is 13.7. The topological polar surface area (TPSA) is 75.1 Å². The molecule has 0 atom stereocenters. The number of aromatic nitrogens is 2. The van der Waals surface area contributed by atoms with Crippen LogP contribution in [0.15, 0.2) is 6.07 Å². The molecule has 5 heteroatoms. The van der Waals surface area contributed by atoms with Crippen molar-refractivity contribution in [2.45, 2.75) is 40.0 Å². The molecule has 0 aliphatic heterocycles. The molecule has 100 valence electrons. The fourth-order valence-corrected chi connectivity index (χ4v) is 1.41. The van der Waals surface area contributed by atoms with Crippen LogP contribution >= 0.6 is 0 Å². The Morgan fingerprint density at radius 1 is 1.33 bits per heavy atom. The summed E-state index contributed by atoms with van der Waals surface area (Å²) in [6.07, 6.45) is 1.02. The van der Waals surface area contributed by atoms with Crippen LogP contribution in [0.3, 0.4) is 0 Å². The van der Waals surface area contributed by atoms with E-state index in [1.54, 1.807) is 0 Å². The first-order chi connectivity index (χ1) is 8.40. The van der Waals surface area contributed by atoms with Crippen molar-refractivity contribution in [3.63, 3.8) is 0 Å². The summed E-state index contributed by atoms with van der Waals surface area (Å²) in [4.78, 5) is 19.3. The van der Waals surface area contributed by atoms with Crippen LogP contribution in [0.2, 0.25) is 0 Å². The SMILES string of the molecule is CC(C)CCNc1cc(C(=O)O)nc(C(C)C)n1. The molecule has 0 bridgehead atoms. The number of hydrogen-bond acceptors (Lipinski definition) is 4. The van der Waals surface area contributed by atoms with E-state index in [0.717, 1.165) is 13.0 Å². The molecule has 1 aromatic heterocycles. The molecular weight excluding hydrogens is 230 g/mol. The van der Waals surface area contributed by atoms with Gasteiger partial charge in [0.25, 0.3) is 0 Å². The molecule has 1 rings (SSSR count). The van der Waals surface area contributed by atoms with E-state index >= 15 is 0 Å². The summed E-state index contributed by atoms with van der Waals surface area (Å²) >= 11 is 0. The van der Waals surface area contributed by atoms with Crippen molar-refractivity contribution in [3.8, 4) is 0 Å². The molecule has 2 N–H and O–H groups in total. The summed E-state index contributed by atoms with van der Waals surface area (Å²) in [7, 11) is 0. The first-order valence-electron chi connectivity index (χ1n) is 6.26. The number of nitrogens with zero attached hydrogens (tertiary/aromatic N) is 2. The van der Waals surface area contributed by atoms with Crippen LogP contribution in [0.1, 0.15) is 56.3 Å². The van der Waals surface area contributed by atoms with Crippen LogP contribution in [0.4, 0.5) is 5.82 Å². The van der Waals surface area contributed by atoms with Gasteiger partial charge in [-0.1, -0.05) is 27.7 Å². The van der Waals surface area contributed by atoms with E-state index in [0.29, 0.717) is 17.6 Å². The van der Waals surface area contributed by atoms with Gasteiger partial charge in [-0.15, -0.1) is 0 Å². The number of carboxylic acid groups (broad SMARTS) is 1. The zero-order valence-corrected chi connectivity index (χ0v) is 11.4. The second-order valence-corrected chi connectivity index (χ2v) is 5.07. The predicted octanol–water partition coefficient (Wildman–Crippen LogP) is 2.76. The lowest BCUT2D eigenvalue weighted by Gasteiger charge is -2.11. The van der Waals surface area contributed by atoms with Gasteiger partial charge in [-0.05, 0) is 12.3 Å². The molecule has 0 aliphatic carbocycles. The van der Waals surface area contributed by atoms with E-state index in [-0.39, 0.29) is 11.6 Å². The van der Waals surface area contributed by atoms with Crippen LogP contribution in [0.5, 0.6) is 0 Å². The highest BCUT2D eigenvalue weighted by Crippen LogP contribution is 2.14. The third kappa shape index (κ3) is 4.31. The number of carboxylic acids is 1. The number of carbonyl (C=O) groups is 1. The molecule has 0 unspecified atom stereocenters. The second-order valence-electron chi connectivity index (χ2n) is 5.07. The molecule has 0 saturated carbocycles. The van der Waals surface area contributed by atoms with E-state index < -0.39 is 5.97 Å². The largest absolute Gasteiger partial charge is 0.477 e. The van der Waals surface area contributed by atoms with Crippen molar-refractivity contribution in [2.24, 2.45) is 5.92 Å². The van der Waals surface area contributed by atoms with Crippen molar-refractivity contribution in [1.29, 1.82) is 0 Å². The Balaban J connectivity index is 2.86. The van der Waals surface area contributed by atoms with E-state index in [1.165, 1.54) is 6.07 Å². The second kappa shape index (κ2) is 6.33. The van der Waals surface area contributed by atoms with Gasteiger partial charge in [-0.25, -0.2) is 14.8 Å². The fraction of sp³-hybridized carbons (Fsp3) is 0.615. The Morgan fingerprint density at radius 2 is 2.00 bits per heavy atom. The molecule has 1 heterocycles. The predicted molar refractivity (Wildman–Crippen MR) is 71.0 cm³/mol.